The second kappa shape index (κ2) is 4.66. The van der Waals surface area contributed by atoms with E-state index in [0.717, 1.165) is 6.42 Å². The first-order valence-electron chi connectivity index (χ1n) is 6.54. The molecular formula is C13H17NO6. The van der Waals surface area contributed by atoms with Crippen LogP contribution in [-0.2, 0) is 23.7 Å². The maximum atomic E-state index is 11.7. The van der Waals surface area contributed by atoms with Gasteiger partial charge in [-0.3, -0.25) is 0 Å². The number of ether oxygens (including phenoxy) is 4. The van der Waals surface area contributed by atoms with Gasteiger partial charge in [0.25, 0.3) is 0 Å². The van der Waals surface area contributed by atoms with Crippen molar-refractivity contribution < 1.29 is 28.5 Å². The molecule has 4 unspecified atom stereocenters. The van der Waals surface area contributed by atoms with Crippen molar-refractivity contribution in [3.63, 3.8) is 0 Å². The Morgan fingerprint density at radius 2 is 2.35 bits per heavy atom. The quantitative estimate of drug-likeness (QED) is 0.588. The van der Waals surface area contributed by atoms with Crippen LogP contribution in [0.5, 0.6) is 0 Å². The third-order valence-electron chi connectivity index (χ3n) is 4.37. The van der Waals surface area contributed by atoms with E-state index in [1.165, 1.54) is 20.4 Å². The number of amides is 1. The van der Waals surface area contributed by atoms with Crippen molar-refractivity contribution in [1.29, 1.82) is 0 Å². The highest BCUT2D eigenvalue weighted by Gasteiger charge is 2.71. The number of carbonyl (C=O) groups excluding carboxylic acids is 2. The van der Waals surface area contributed by atoms with Gasteiger partial charge in [0.05, 0.1) is 31.7 Å². The Morgan fingerprint density at radius 1 is 1.55 bits per heavy atom. The van der Waals surface area contributed by atoms with Gasteiger partial charge in [0, 0.05) is 18.9 Å². The van der Waals surface area contributed by atoms with Crippen LogP contribution >= 0.6 is 0 Å². The highest BCUT2D eigenvalue weighted by molar-refractivity contribution is 5.89. The summed E-state index contributed by atoms with van der Waals surface area (Å²) >= 11 is 0. The number of nitrogens with one attached hydrogen (secondary N) is 1. The van der Waals surface area contributed by atoms with Gasteiger partial charge in [0.2, 0.25) is 0 Å². The van der Waals surface area contributed by atoms with Gasteiger partial charge in [-0.2, -0.15) is 0 Å². The fraction of sp³-hybridized carbons (Fsp3) is 0.692. The molecule has 0 aromatic rings. The highest BCUT2D eigenvalue weighted by Crippen LogP contribution is 2.59. The molecule has 0 bridgehead atoms. The lowest BCUT2D eigenvalue weighted by Gasteiger charge is -2.30. The number of hydrogen-bond acceptors (Lipinski definition) is 6. The molecule has 7 nitrogen and oxygen atoms in total. The zero-order valence-electron chi connectivity index (χ0n) is 11.4. The molecule has 1 amide bonds. The summed E-state index contributed by atoms with van der Waals surface area (Å²) in [5.74, 6) is -0.317. The van der Waals surface area contributed by atoms with Crippen molar-refractivity contribution in [3.8, 4) is 0 Å². The molecular weight excluding hydrogens is 266 g/mol. The average molecular weight is 283 g/mol. The van der Waals surface area contributed by atoms with Crippen molar-refractivity contribution in [2.45, 2.75) is 18.1 Å². The van der Waals surface area contributed by atoms with E-state index in [1.807, 2.05) is 0 Å². The van der Waals surface area contributed by atoms with Crippen molar-refractivity contribution in [3.05, 3.63) is 11.8 Å². The van der Waals surface area contributed by atoms with Crippen molar-refractivity contribution >= 4 is 12.1 Å². The SMILES string of the molecule is CNC(=O)OCC12OC1CC1C(C(=O)OC)=COCC12. The largest absolute Gasteiger partial charge is 0.500 e. The first kappa shape index (κ1) is 13.2. The van der Waals surface area contributed by atoms with Crippen LogP contribution in [0.2, 0.25) is 0 Å². The average Bonchev–Trinajstić information content (AvgIpc) is 3.10. The number of alkyl carbamates (subject to hydrolysis) is 1. The van der Waals surface area contributed by atoms with E-state index in [4.69, 9.17) is 18.9 Å². The summed E-state index contributed by atoms with van der Waals surface area (Å²) in [5.41, 5.74) is 0.0314. The Bertz CT molecular complexity index is 475. The van der Waals surface area contributed by atoms with E-state index in [9.17, 15) is 9.59 Å². The molecule has 0 spiro atoms. The smallest absolute Gasteiger partial charge is 0.406 e. The Labute approximate surface area is 116 Å². The van der Waals surface area contributed by atoms with Gasteiger partial charge in [-0.25, -0.2) is 9.59 Å². The van der Waals surface area contributed by atoms with Crippen LogP contribution in [0.3, 0.4) is 0 Å². The van der Waals surface area contributed by atoms with E-state index in [-0.39, 0.29) is 30.5 Å². The number of esters is 1. The van der Waals surface area contributed by atoms with Gasteiger partial charge in [0.1, 0.15) is 12.2 Å². The lowest BCUT2D eigenvalue weighted by molar-refractivity contribution is -0.138. The maximum Gasteiger partial charge on any atom is 0.406 e. The number of fused-ring (bicyclic) bond motifs is 3. The maximum absolute atomic E-state index is 11.7. The Kier molecular flexibility index (Phi) is 3.08. The first-order valence-corrected chi connectivity index (χ1v) is 6.54. The van der Waals surface area contributed by atoms with Crippen LogP contribution in [0, 0.1) is 11.8 Å². The van der Waals surface area contributed by atoms with E-state index in [0.29, 0.717) is 12.2 Å². The van der Waals surface area contributed by atoms with Crippen LogP contribution < -0.4 is 5.32 Å². The van der Waals surface area contributed by atoms with E-state index >= 15 is 0 Å². The number of epoxide rings is 1. The Balaban J connectivity index is 1.72. The predicted molar refractivity (Wildman–Crippen MR) is 65.7 cm³/mol. The standard InChI is InChI=1S/C13H17NO6/c1-14-12(16)19-6-13-9-5-18-4-8(11(15)17-2)7(9)3-10(13)20-13/h4,7,9-10H,3,5-6H2,1-2H3,(H,14,16). The van der Waals surface area contributed by atoms with Gasteiger partial charge in [-0.05, 0) is 6.42 Å². The highest BCUT2D eigenvalue weighted by atomic mass is 16.7. The molecule has 1 saturated heterocycles. The fourth-order valence-corrected chi connectivity index (χ4v) is 3.27. The van der Waals surface area contributed by atoms with Gasteiger partial charge >= 0.3 is 12.1 Å². The molecule has 3 aliphatic rings. The number of rotatable bonds is 3. The third-order valence-corrected chi connectivity index (χ3v) is 4.37. The molecule has 3 rings (SSSR count). The molecule has 4 atom stereocenters. The lowest BCUT2D eigenvalue weighted by Crippen LogP contribution is -2.39. The van der Waals surface area contributed by atoms with Gasteiger partial charge in [0.15, 0.2) is 0 Å². The summed E-state index contributed by atoms with van der Waals surface area (Å²) in [5, 5.41) is 2.40. The van der Waals surface area contributed by atoms with E-state index < -0.39 is 11.7 Å². The van der Waals surface area contributed by atoms with Crippen LogP contribution in [-0.4, -0.2) is 51.1 Å². The topological polar surface area (TPSA) is 86.4 Å². The summed E-state index contributed by atoms with van der Waals surface area (Å²) < 4.78 is 21.0. The second-order valence-electron chi connectivity index (χ2n) is 5.23. The van der Waals surface area contributed by atoms with E-state index in [2.05, 4.69) is 5.32 Å². The van der Waals surface area contributed by atoms with Crippen molar-refractivity contribution in [2.75, 3.05) is 27.4 Å². The zero-order chi connectivity index (χ0) is 14.3. The normalized spacial score (nSPS) is 36.9. The summed E-state index contributed by atoms with van der Waals surface area (Å²) in [6.07, 6.45) is 1.73. The minimum absolute atomic E-state index is 0.0104. The van der Waals surface area contributed by atoms with Gasteiger partial charge in [-0.1, -0.05) is 0 Å². The molecule has 20 heavy (non-hydrogen) atoms. The predicted octanol–water partition coefficient (Wildman–Crippen LogP) is 0.203. The van der Waals surface area contributed by atoms with Gasteiger partial charge < -0.3 is 24.3 Å². The molecule has 0 aromatic carbocycles. The van der Waals surface area contributed by atoms with Crippen LogP contribution in [0.15, 0.2) is 11.8 Å². The molecule has 1 aliphatic carbocycles. The number of methoxy groups -OCH3 is 1. The number of hydrogen-bond donors (Lipinski definition) is 1. The third kappa shape index (κ3) is 1.84. The van der Waals surface area contributed by atoms with Crippen molar-refractivity contribution in [2.24, 2.45) is 11.8 Å². The lowest BCUT2D eigenvalue weighted by atomic mass is 9.83. The molecule has 2 fully saturated rings. The Hall–Kier alpha value is -1.76. The number of carbonyl (C=O) groups is 2. The molecule has 7 heteroatoms. The van der Waals surface area contributed by atoms with Gasteiger partial charge in [-0.15, -0.1) is 0 Å². The minimum Gasteiger partial charge on any atom is -0.500 e. The summed E-state index contributed by atoms with van der Waals surface area (Å²) in [4.78, 5) is 22.9. The van der Waals surface area contributed by atoms with Crippen molar-refractivity contribution in [1.82, 2.24) is 5.32 Å². The zero-order valence-corrected chi connectivity index (χ0v) is 11.4. The summed E-state index contributed by atoms with van der Waals surface area (Å²) in [6, 6.07) is 0. The minimum atomic E-state index is -0.509. The molecule has 1 saturated carbocycles. The molecule has 0 radical (unpaired) electrons. The van der Waals surface area contributed by atoms with Crippen LogP contribution in [0.1, 0.15) is 6.42 Å². The summed E-state index contributed by atoms with van der Waals surface area (Å²) in [6.45, 7) is 0.634. The monoisotopic (exact) mass is 283 g/mol. The molecule has 2 aliphatic heterocycles. The Morgan fingerprint density at radius 3 is 3.05 bits per heavy atom. The van der Waals surface area contributed by atoms with Crippen LogP contribution in [0.4, 0.5) is 4.79 Å². The summed E-state index contributed by atoms with van der Waals surface area (Å²) in [7, 11) is 2.86. The second-order valence-corrected chi connectivity index (χ2v) is 5.23. The molecule has 110 valence electrons. The van der Waals surface area contributed by atoms with Crippen LogP contribution in [0.25, 0.3) is 0 Å². The molecule has 1 N–H and O–H groups in total. The first-order chi connectivity index (χ1) is 9.62. The van der Waals surface area contributed by atoms with E-state index in [1.54, 1.807) is 0 Å². The molecule has 2 heterocycles. The fourth-order valence-electron chi connectivity index (χ4n) is 3.27. The molecule has 0 aromatic heterocycles.